The van der Waals surface area contributed by atoms with Gasteiger partial charge in [0.15, 0.2) is 0 Å². The molecule has 0 aromatic carbocycles. The molecule has 7 heteroatoms. The van der Waals surface area contributed by atoms with Gasteiger partial charge in [0.25, 0.3) is 0 Å². The van der Waals surface area contributed by atoms with Gasteiger partial charge < -0.3 is 11.1 Å². The van der Waals surface area contributed by atoms with Gasteiger partial charge in [0.2, 0.25) is 0 Å². The Morgan fingerprint density at radius 2 is 2.17 bits per heavy atom. The first-order chi connectivity index (χ1) is 8.66. The molecule has 2 aromatic rings. The van der Waals surface area contributed by atoms with Crippen LogP contribution in [0, 0.1) is 0 Å². The maximum Gasteiger partial charge on any atom is 0.147 e. The van der Waals surface area contributed by atoms with Crippen LogP contribution in [-0.4, -0.2) is 21.3 Å². The van der Waals surface area contributed by atoms with E-state index in [0.29, 0.717) is 15.9 Å². The Morgan fingerprint density at radius 1 is 1.33 bits per heavy atom. The highest BCUT2D eigenvalue weighted by molar-refractivity contribution is 6.37. The third-order valence-corrected chi connectivity index (χ3v) is 2.96. The van der Waals surface area contributed by atoms with Crippen molar-refractivity contribution in [2.45, 2.75) is 13.0 Å². The van der Waals surface area contributed by atoms with Crippen LogP contribution < -0.4 is 11.1 Å². The lowest BCUT2D eigenvalue weighted by atomic mass is 10.4. The summed E-state index contributed by atoms with van der Waals surface area (Å²) in [6.45, 7) is 1.56. The normalized spacial score (nSPS) is 10.6. The summed E-state index contributed by atoms with van der Waals surface area (Å²) in [6.07, 6.45) is 4.58. The largest absolute Gasteiger partial charge is 0.382 e. The Kier molecular flexibility index (Phi) is 4.28. The zero-order chi connectivity index (χ0) is 13.0. The lowest BCUT2D eigenvalue weighted by Crippen LogP contribution is -2.09. The number of rotatable bonds is 5. The highest BCUT2D eigenvalue weighted by Gasteiger charge is 2.06. The van der Waals surface area contributed by atoms with E-state index in [0.717, 1.165) is 19.5 Å². The van der Waals surface area contributed by atoms with E-state index in [1.54, 1.807) is 12.3 Å². The minimum atomic E-state index is 0.274. The zero-order valence-electron chi connectivity index (χ0n) is 9.61. The first kappa shape index (κ1) is 13.0. The van der Waals surface area contributed by atoms with Crippen molar-refractivity contribution in [1.29, 1.82) is 0 Å². The van der Waals surface area contributed by atoms with E-state index in [1.807, 2.05) is 16.9 Å². The third-order valence-electron chi connectivity index (χ3n) is 2.37. The molecule has 0 bridgehead atoms. The van der Waals surface area contributed by atoms with Crippen molar-refractivity contribution < 1.29 is 0 Å². The van der Waals surface area contributed by atoms with Gasteiger partial charge in [-0.3, -0.25) is 4.68 Å². The van der Waals surface area contributed by atoms with Crippen molar-refractivity contribution in [2.24, 2.45) is 0 Å². The molecular formula is C11H13Cl2N5. The minimum absolute atomic E-state index is 0.274. The summed E-state index contributed by atoms with van der Waals surface area (Å²) < 4.78 is 1.87. The van der Waals surface area contributed by atoms with Gasteiger partial charge >= 0.3 is 0 Å². The van der Waals surface area contributed by atoms with E-state index in [4.69, 9.17) is 28.9 Å². The molecule has 0 radical (unpaired) electrons. The van der Waals surface area contributed by atoms with E-state index in [2.05, 4.69) is 15.4 Å². The van der Waals surface area contributed by atoms with Gasteiger partial charge in [0, 0.05) is 25.5 Å². The second kappa shape index (κ2) is 5.93. The van der Waals surface area contributed by atoms with Crippen molar-refractivity contribution in [3.05, 3.63) is 34.6 Å². The topological polar surface area (TPSA) is 68.8 Å². The fourth-order valence-electron chi connectivity index (χ4n) is 1.49. The predicted molar refractivity (Wildman–Crippen MR) is 74.0 cm³/mol. The molecule has 2 aromatic heterocycles. The number of pyridine rings is 1. The molecule has 0 saturated carbocycles. The van der Waals surface area contributed by atoms with Crippen LogP contribution in [0.5, 0.6) is 0 Å². The number of nitrogens with zero attached hydrogens (tertiary/aromatic N) is 3. The number of aryl methyl sites for hydroxylation is 1. The highest BCUT2D eigenvalue weighted by Crippen LogP contribution is 2.27. The number of aromatic nitrogens is 3. The maximum atomic E-state index is 6.00. The molecule has 0 amide bonds. The van der Waals surface area contributed by atoms with E-state index >= 15 is 0 Å². The molecule has 0 aliphatic rings. The van der Waals surface area contributed by atoms with Crippen molar-refractivity contribution >= 4 is 34.8 Å². The summed E-state index contributed by atoms with van der Waals surface area (Å²) in [5.74, 6) is 0.828. The molecule has 3 N–H and O–H groups in total. The highest BCUT2D eigenvalue weighted by atomic mass is 35.5. The third kappa shape index (κ3) is 3.27. The number of hydrogen-bond donors (Lipinski definition) is 2. The Hall–Kier alpha value is -1.46. The van der Waals surface area contributed by atoms with Crippen LogP contribution >= 0.6 is 23.2 Å². The molecule has 0 spiro atoms. The van der Waals surface area contributed by atoms with Crippen LogP contribution in [0.3, 0.4) is 0 Å². The Morgan fingerprint density at radius 3 is 2.89 bits per heavy atom. The van der Waals surface area contributed by atoms with Crippen LogP contribution in [0.15, 0.2) is 24.5 Å². The summed E-state index contributed by atoms with van der Waals surface area (Å²) in [6, 6.07) is 3.48. The van der Waals surface area contributed by atoms with Crippen molar-refractivity contribution in [3.8, 4) is 0 Å². The fraction of sp³-hybridized carbons (Fsp3) is 0.273. The molecule has 18 heavy (non-hydrogen) atoms. The summed E-state index contributed by atoms with van der Waals surface area (Å²) in [5.41, 5.74) is 5.62. The Bertz CT molecular complexity index is 512. The van der Waals surface area contributed by atoms with Crippen molar-refractivity contribution in [2.75, 3.05) is 17.6 Å². The smallest absolute Gasteiger partial charge is 0.147 e. The Balaban J connectivity index is 1.85. The molecule has 0 aliphatic heterocycles. The van der Waals surface area contributed by atoms with Gasteiger partial charge in [0.1, 0.15) is 11.6 Å². The molecule has 0 saturated heterocycles. The first-order valence-electron chi connectivity index (χ1n) is 5.49. The van der Waals surface area contributed by atoms with E-state index in [-0.39, 0.29) is 5.82 Å². The van der Waals surface area contributed by atoms with Crippen LogP contribution in [-0.2, 0) is 6.54 Å². The van der Waals surface area contributed by atoms with Crippen molar-refractivity contribution in [1.82, 2.24) is 14.8 Å². The fourth-order valence-corrected chi connectivity index (χ4v) is 1.91. The molecular weight excluding hydrogens is 273 g/mol. The van der Waals surface area contributed by atoms with Gasteiger partial charge in [-0.1, -0.05) is 23.2 Å². The monoisotopic (exact) mass is 285 g/mol. The number of halogens is 2. The SMILES string of the molecule is Nc1nc(NCCCn2cccn2)c(Cl)cc1Cl. The van der Waals surface area contributed by atoms with Gasteiger partial charge in [0.05, 0.1) is 10.0 Å². The molecule has 0 fully saturated rings. The second-order valence-electron chi connectivity index (χ2n) is 3.74. The van der Waals surface area contributed by atoms with Gasteiger partial charge in [-0.2, -0.15) is 5.10 Å². The maximum absolute atomic E-state index is 6.00. The summed E-state index contributed by atoms with van der Waals surface area (Å²) in [7, 11) is 0. The predicted octanol–water partition coefficient (Wildman–Crippen LogP) is 2.67. The second-order valence-corrected chi connectivity index (χ2v) is 4.55. The van der Waals surface area contributed by atoms with E-state index < -0.39 is 0 Å². The number of hydrogen-bond acceptors (Lipinski definition) is 4. The van der Waals surface area contributed by atoms with Crippen LogP contribution in [0.2, 0.25) is 10.0 Å². The summed E-state index contributed by atoms with van der Waals surface area (Å²) >= 11 is 11.8. The molecule has 2 rings (SSSR count). The standard InChI is InChI=1S/C11H13Cl2N5/c12-8-7-9(13)11(17-10(8)14)15-3-1-5-18-6-2-4-16-18/h2,4,6-7H,1,3,5H2,(H3,14,15,17). The van der Waals surface area contributed by atoms with Crippen LogP contribution in [0.25, 0.3) is 0 Å². The van der Waals surface area contributed by atoms with E-state index in [9.17, 15) is 0 Å². The molecule has 96 valence electrons. The van der Waals surface area contributed by atoms with Gasteiger partial charge in [-0.15, -0.1) is 0 Å². The Labute approximate surface area is 115 Å². The van der Waals surface area contributed by atoms with Crippen LogP contribution in [0.4, 0.5) is 11.6 Å². The first-order valence-corrected chi connectivity index (χ1v) is 6.25. The summed E-state index contributed by atoms with van der Waals surface area (Å²) in [5, 5.41) is 8.06. The quantitative estimate of drug-likeness (QED) is 0.829. The number of nitrogens with two attached hydrogens (primary N) is 1. The van der Waals surface area contributed by atoms with Gasteiger partial charge in [-0.25, -0.2) is 4.98 Å². The zero-order valence-corrected chi connectivity index (χ0v) is 11.1. The number of anilines is 2. The molecule has 0 unspecified atom stereocenters. The van der Waals surface area contributed by atoms with Gasteiger partial charge in [-0.05, 0) is 18.6 Å². The molecule has 5 nitrogen and oxygen atoms in total. The molecule has 0 atom stereocenters. The van der Waals surface area contributed by atoms with E-state index in [1.165, 1.54) is 0 Å². The summed E-state index contributed by atoms with van der Waals surface area (Å²) in [4.78, 5) is 4.09. The number of nitrogens with one attached hydrogen (secondary N) is 1. The lowest BCUT2D eigenvalue weighted by molar-refractivity contribution is 0.591. The average Bonchev–Trinajstić information content (AvgIpc) is 2.84. The lowest BCUT2D eigenvalue weighted by Gasteiger charge is -2.09. The minimum Gasteiger partial charge on any atom is -0.382 e. The van der Waals surface area contributed by atoms with Crippen molar-refractivity contribution in [3.63, 3.8) is 0 Å². The number of nitrogen functional groups attached to an aromatic ring is 1. The average molecular weight is 286 g/mol. The molecule has 2 heterocycles. The van der Waals surface area contributed by atoms with Crippen LogP contribution in [0.1, 0.15) is 6.42 Å². The molecule has 0 aliphatic carbocycles.